The maximum absolute atomic E-state index is 11.7. The Kier molecular flexibility index (Phi) is 6.17. The van der Waals surface area contributed by atoms with E-state index in [1.165, 1.54) is 5.56 Å². The second-order valence-corrected chi connectivity index (χ2v) is 5.26. The minimum atomic E-state index is -0.475. The average molecular weight is 311 g/mol. The Hall–Kier alpha value is -2.82. The van der Waals surface area contributed by atoms with Crippen molar-refractivity contribution in [3.8, 4) is 0 Å². The number of hydrogen-bond acceptors (Lipinski definition) is 2. The van der Waals surface area contributed by atoms with Gasteiger partial charge in [0.1, 0.15) is 0 Å². The number of carbonyl (C=O) groups is 2. The van der Waals surface area contributed by atoms with Crippen molar-refractivity contribution in [3.63, 3.8) is 0 Å². The first-order valence-corrected chi connectivity index (χ1v) is 7.59. The Labute approximate surface area is 135 Å². The van der Waals surface area contributed by atoms with Gasteiger partial charge >= 0.3 is 6.03 Å². The number of nitrogens with one attached hydrogen (secondary N) is 2. The van der Waals surface area contributed by atoms with E-state index in [4.69, 9.17) is 5.73 Å². The fourth-order valence-corrected chi connectivity index (χ4v) is 2.22. The SMILES string of the molecule is NC(=O)c1cccc(CNC(=O)NCCCc2ccccc2)c1. The molecule has 0 atom stereocenters. The molecule has 0 radical (unpaired) electrons. The summed E-state index contributed by atoms with van der Waals surface area (Å²) in [6.07, 6.45) is 1.82. The fraction of sp³-hybridized carbons (Fsp3) is 0.222. The monoisotopic (exact) mass is 311 g/mol. The summed E-state index contributed by atoms with van der Waals surface area (Å²) in [6, 6.07) is 16.8. The highest BCUT2D eigenvalue weighted by Gasteiger charge is 2.03. The third kappa shape index (κ3) is 5.82. The summed E-state index contributed by atoms with van der Waals surface area (Å²) in [6.45, 7) is 0.966. The third-order valence-electron chi connectivity index (χ3n) is 3.44. The summed E-state index contributed by atoms with van der Waals surface area (Å²) < 4.78 is 0. The molecule has 0 fully saturated rings. The molecule has 5 heteroatoms. The molecule has 2 rings (SSSR count). The van der Waals surface area contributed by atoms with Gasteiger partial charge in [-0.15, -0.1) is 0 Å². The Bertz CT molecular complexity index is 656. The van der Waals surface area contributed by atoms with Gasteiger partial charge in [-0.05, 0) is 36.1 Å². The molecule has 0 aromatic heterocycles. The predicted octanol–water partition coefficient (Wildman–Crippen LogP) is 2.22. The molecule has 0 saturated carbocycles. The van der Waals surface area contributed by atoms with Crippen molar-refractivity contribution < 1.29 is 9.59 Å². The van der Waals surface area contributed by atoms with Crippen molar-refractivity contribution in [2.75, 3.05) is 6.54 Å². The van der Waals surface area contributed by atoms with Gasteiger partial charge in [-0.25, -0.2) is 4.79 Å². The summed E-state index contributed by atoms with van der Waals surface area (Å²) >= 11 is 0. The molecule has 0 unspecified atom stereocenters. The van der Waals surface area contributed by atoms with E-state index in [-0.39, 0.29) is 6.03 Å². The smallest absolute Gasteiger partial charge is 0.315 e. The van der Waals surface area contributed by atoms with E-state index in [2.05, 4.69) is 22.8 Å². The fourth-order valence-electron chi connectivity index (χ4n) is 2.22. The lowest BCUT2D eigenvalue weighted by atomic mass is 10.1. The number of nitrogens with two attached hydrogens (primary N) is 1. The van der Waals surface area contributed by atoms with Gasteiger partial charge < -0.3 is 16.4 Å². The average Bonchev–Trinajstić information content (AvgIpc) is 2.58. The van der Waals surface area contributed by atoms with Crippen molar-refractivity contribution in [1.29, 1.82) is 0 Å². The highest BCUT2D eigenvalue weighted by molar-refractivity contribution is 5.92. The first kappa shape index (κ1) is 16.5. The molecule has 2 aromatic carbocycles. The summed E-state index contributed by atoms with van der Waals surface area (Å²) in [4.78, 5) is 22.8. The first-order chi connectivity index (χ1) is 11.1. The zero-order chi connectivity index (χ0) is 16.5. The number of aryl methyl sites for hydroxylation is 1. The molecule has 23 heavy (non-hydrogen) atoms. The molecular formula is C18H21N3O2. The van der Waals surface area contributed by atoms with Crippen LogP contribution in [-0.2, 0) is 13.0 Å². The molecular weight excluding hydrogens is 290 g/mol. The standard InChI is InChI=1S/C18H21N3O2/c19-17(22)16-10-4-8-15(12-16)13-21-18(23)20-11-5-9-14-6-2-1-3-7-14/h1-4,6-8,10,12H,5,9,11,13H2,(H2,19,22)(H2,20,21,23). The van der Waals surface area contributed by atoms with Crippen molar-refractivity contribution >= 4 is 11.9 Å². The number of primary amides is 1. The van der Waals surface area contributed by atoms with Crippen molar-refractivity contribution in [2.24, 2.45) is 5.73 Å². The molecule has 0 spiro atoms. The van der Waals surface area contributed by atoms with Gasteiger partial charge in [-0.2, -0.15) is 0 Å². The van der Waals surface area contributed by atoms with Crippen molar-refractivity contribution in [1.82, 2.24) is 10.6 Å². The minimum absolute atomic E-state index is 0.220. The third-order valence-corrected chi connectivity index (χ3v) is 3.44. The Morgan fingerprint density at radius 1 is 0.913 bits per heavy atom. The molecule has 0 bridgehead atoms. The van der Waals surface area contributed by atoms with E-state index in [1.807, 2.05) is 24.3 Å². The van der Waals surface area contributed by atoms with E-state index in [9.17, 15) is 9.59 Å². The quantitative estimate of drug-likeness (QED) is 0.685. The van der Waals surface area contributed by atoms with Gasteiger partial charge in [0, 0.05) is 18.7 Å². The van der Waals surface area contributed by atoms with Crippen LogP contribution in [0.3, 0.4) is 0 Å². The van der Waals surface area contributed by atoms with Gasteiger partial charge in [0.2, 0.25) is 5.91 Å². The number of urea groups is 1. The molecule has 0 aliphatic heterocycles. The molecule has 2 aromatic rings. The first-order valence-electron chi connectivity index (χ1n) is 7.59. The van der Waals surface area contributed by atoms with Gasteiger partial charge in [-0.1, -0.05) is 42.5 Å². The normalized spacial score (nSPS) is 10.1. The predicted molar refractivity (Wildman–Crippen MR) is 90.0 cm³/mol. The molecule has 0 aliphatic carbocycles. The number of benzene rings is 2. The second-order valence-electron chi connectivity index (χ2n) is 5.26. The van der Waals surface area contributed by atoms with Crippen LogP contribution in [0.2, 0.25) is 0 Å². The molecule has 120 valence electrons. The maximum atomic E-state index is 11.7. The van der Waals surface area contributed by atoms with Crippen LogP contribution in [0.25, 0.3) is 0 Å². The number of hydrogen-bond donors (Lipinski definition) is 3. The Morgan fingerprint density at radius 3 is 2.39 bits per heavy atom. The molecule has 0 heterocycles. The highest BCUT2D eigenvalue weighted by Crippen LogP contribution is 2.04. The second kappa shape index (κ2) is 8.58. The van der Waals surface area contributed by atoms with E-state index in [0.717, 1.165) is 18.4 Å². The number of amides is 3. The summed E-state index contributed by atoms with van der Waals surface area (Å²) in [5, 5.41) is 5.58. The number of carbonyl (C=O) groups excluding carboxylic acids is 2. The zero-order valence-electron chi connectivity index (χ0n) is 12.9. The van der Waals surface area contributed by atoms with Gasteiger partial charge in [0.25, 0.3) is 0 Å². The van der Waals surface area contributed by atoms with Crippen LogP contribution >= 0.6 is 0 Å². The maximum Gasteiger partial charge on any atom is 0.315 e. The molecule has 0 saturated heterocycles. The lowest BCUT2D eigenvalue weighted by Crippen LogP contribution is -2.35. The Balaban J connectivity index is 1.67. The van der Waals surface area contributed by atoms with Gasteiger partial charge in [0.05, 0.1) is 0 Å². The van der Waals surface area contributed by atoms with E-state index in [1.54, 1.807) is 18.2 Å². The molecule has 5 nitrogen and oxygen atoms in total. The summed E-state index contributed by atoms with van der Waals surface area (Å²) in [7, 11) is 0. The highest BCUT2D eigenvalue weighted by atomic mass is 16.2. The van der Waals surface area contributed by atoms with Crippen LogP contribution in [0.1, 0.15) is 27.9 Å². The summed E-state index contributed by atoms with van der Waals surface area (Å²) in [5.74, 6) is -0.475. The minimum Gasteiger partial charge on any atom is -0.366 e. The van der Waals surface area contributed by atoms with Crippen molar-refractivity contribution in [3.05, 3.63) is 71.3 Å². The van der Waals surface area contributed by atoms with Crippen LogP contribution < -0.4 is 16.4 Å². The van der Waals surface area contributed by atoms with Crippen LogP contribution in [0.4, 0.5) is 4.79 Å². The molecule has 3 amide bonds. The summed E-state index contributed by atoms with van der Waals surface area (Å²) in [5.41, 5.74) is 7.76. The van der Waals surface area contributed by atoms with Crippen molar-refractivity contribution in [2.45, 2.75) is 19.4 Å². The van der Waals surface area contributed by atoms with Crippen LogP contribution in [0.5, 0.6) is 0 Å². The Morgan fingerprint density at radius 2 is 1.65 bits per heavy atom. The van der Waals surface area contributed by atoms with Gasteiger partial charge in [-0.3, -0.25) is 4.79 Å². The lowest BCUT2D eigenvalue weighted by molar-refractivity contribution is 0.1000. The van der Waals surface area contributed by atoms with E-state index >= 15 is 0 Å². The van der Waals surface area contributed by atoms with Gasteiger partial charge in [0.15, 0.2) is 0 Å². The molecule has 4 N–H and O–H groups in total. The van der Waals surface area contributed by atoms with Crippen LogP contribution in [-0.4, -0.2) is 18.5 Å². The molecule has 0 aliphatic rings. The topological polar surface area (TPSA) is 84.2 Å². The van der Waals surface area contributed by atoms with Crippen LogP contribution in [0, 0.1) is 0 Å². The lowest BCUT2D eigenvalue weighted by Gasteiger charge is -2.08. The van der Waals surface area contributed by atoms with E-state index < -0.39 is 5.91 Å². The van der Waals surface area contributed by atoms with E-state index in [0.29, 0.717) is 18.7 Å². The largest absolute Gasteiger partial charge is 0.366 e. The number of rotatable bonds is 7. The zero-order valence-corrected chi connectivity index (χ0v) is 12.9. The van der Waals surface area contributed by atoms with Crippen LogP contribution in [0.15, 0.2) is 54.6 Å².